The second-order valence-electron chi connectivity index (χ2n) is 4.97. The van der Waals surface area contributed by atoms with E-state index in [0.717, 1.165) is 19.5 Å². The van der Waals surface area contributed by atoms with E-state index < -0.39 is 0 Å². The van der Waals surface area contributed by atoms with Gasteiger partial charge in [0.05, 0.1) is 11.6 Å². The summed E-state index contributed by atoms with van der Waals surface area (Å²) in [7, 11) is 0. The van der Waals surface area contributed by atoms with Gasteiger partial charge in [0.25, 0.3) is 0 Å². The molecule has 0 spiro atoms. The van der Waals surface area contributed by atoms with Crippen molar-refractivity contribution in [2.24, 2.45) is 5.73 Å². The number of nitrogens with two attached hydrogens (primary N) is 1. The summed E-state index contributed by atoms with van der Waals surface area (Å²) in [5.74, 6) is 0. The molecule has 0 aromatic heterocycles. The first-order valence-corrected chi connectivity index (χ1v) is 6.76. The lowest BCUT2D eigenvalue weighted by molar-refractivity contribution is 0.195. The van der Waals surface area contributed by atoms with E-state index in [1.807, 2.05) is 12.1 Å². The number of hydrogen-bond acceptors (Lipinski definition) is 3. The minimum absolute atomic E-state index is 0.195. The van der Waals surface area contributed by atoms with Crippen LogP contribution in [0.2, 0.25) is 0 Å². The van der Waals surface area contributed by atoms with Crippen molar-refractivity contribution in [3.05, 3.63) is 35.4 Å². The molecule has 1 aromatic rings. The maximum absolute atomic E-state index is 8.85. The SMILES string of the molecule is CCN1CCCCC(N)C1c1ccc(C#N)cc1. The van der Waals surface area contributed by atoms with Crippen LogP contribution in [0.5, 0.6) is 0 Å². The van der Waals surface area contributed by atoms with Crippen molar-refractivity contribution < 1.29 is 0 Å². The third-order valence-corrected chi connectivity index (χ3v) is 3.82. The smallest absolute Gasteiger partial charge is 0.0991 e. The first kappa shape index (κ1) is 13.1. The molecule has 3 nitrogen and oxygen atoms in total. The van der Waals surface area contributed by atoms with Crippen LogP contribution < -0.4 is 5.73 Å². The standard InChI is InChI=1S/C15H21N3/c1-2-18-10-4-3-5-14(17)15(18)13-8-6-12(11-16)7-9-13/h6-9,14-15H,2-5,10,17H2,1H3. The second-order valence-corrected chi connectivity index (χ2v) is 4.97. The largest absolute Gasteiger partial charge is 0.326 e. The Morgan fingerprint density at radius 3 is 2.67 bits per heavy atom. The van der Waals surface area contributed by atoms with Crippen LogP contribution in [0.25, 0.3) is 0 Å². The minimum atomic E-state index is 0.195. The Labute approximate surface area is 109 Å². The zero-order valence-corrected chi connectivity index (χ0v) is 11.0. The molecule has 0 aliphatic carbocycles. The molecule has 2 unspecified atom stereocenters. The zero-order valence-electron chi connectivity index (χ0n) is 11.0. The van der Waals surface area contributed by atoms with E-state index in [1.165, 1.54) is 18.4 Å². The van der Waals surface area contributed by atoms with Crippen molar-refractivity contribution in [1.29, 1.82) is 5.26 Å². The van der Waals surface area contributed by atoms with Gasteiger partial charge in [-0.05, 0) is 43.6 Å². The van der Waals surface area contributed by atoms with E-state index in [0.29, 0.717) is 11.6 Å². The average Bonchev–Trinajstić information content (AvgIpc) is 2.60. The fourth-order valence-electron chi connectivity index (χ4n) is 2.83. The van der Waals surface area contributed by atoms with Gasteiger partial charge in [0.2, 0.25) is 0 Å². The lowest BCUT2D eigenvalue weighted by atomic mass is 9.95. The predicted octanol–water partition coefficient (Wildman–Crippen LogP) is 2.43. The van der Waals surface area contributed by atoms with Gasteiger partial charge >= 0.3 is 0 Å². The van der Waals surface area contributed by atoms with Crippen molar-refractivity contribution in [3.63, 3.8) is 0 Å². The number of likely N-dealkylation sites (tertiary alicyclic amines) is 1. The van der Waals surface area contributed by atoms with Gasteiger partial charge in [-0.1, -0.05) is 25.5 Å². The molecule has 2 rings (SSSR count). The van der Waals surface area contributed by atoms with Gasteiger partial charge in [0.1, 0.15) is 0 Å². The van der Waals surface area contributed by atoms with E-state index >= 15 is 0 Å². The second kappa shape index (κ2) is 5.99. The highest BCUT2D eigenvalue weighted by Crippen LogP contribution is 2.29. The van der Waals surface area contributed by atoms with Crippen molar-refractivity contribution >= 4 is 0 Å². The van der Waals surface area contributed by atoms with Gasteiger partial charge in [-0.25, -0.2) is 0 Å². The number of benzene rings is 1. The highest BCUT2D eigenvalue weighted by atomic mass is 15.2. The molecule has 3 heteroatoms. The van der Waals surface area contributed by atoms with Gasteiger partial charge in [0, 0.05) is 12.1 Å². The van der Waals surface area contributed by atoms with Gasteiger partial charge in [0.15, 0.2) is 0 Å². The van der Waals surface area contributed by atoms with E-state index in [9.17, 15) is 0 Å². The molecule has 2 N–H and O–H groups in total. The molecule has 1 fully saturated rings. The normalized spacial score (nSPS) is 25.4. The molecular weight excluding hydrogens is 222 g/mol. The molecule has 0 bridgehead atoms. The first-order chi connectivity index (χ1) is 8.76. The third kappa shape index (κ3) is 2.72. The summed E-state index contributed by atoms with van der Waals surface area (Å²) < 4.78 is 0. The summed E-state index contributed by atoms with van der Waals surface area (Å²) in [5.41, 5.74) is 8.29. The predicted molar refractivity (Wildman–Crippen MR) is 73.0 cm³/mol. The molecule has 0 radical (unpaired) electrons. The Morgan fingerprint density at radius 2 is 2.06 bits per heavy atom. The maximum atomic E-state index is 8.85. The van der Waals surface area contributed by atoms with Gasteiger partial charge in [-0.2, -0.15) is 5.26 Å². The van der Waals surface area contributed by atoms with Crippen LogP contribution in [0.3, 0.4) is 0 Å². The molecule has 0 amide bonds. The Bertz CT molecular complexity index is 418. The number of likely N-dealkylation sites (N-methyl/N-ethyl adjacent to an activating group) is 1. The van der Waals surface area contributed by atoms with E-state index in [4.69, 9.17) is 11.0 Å². The fraction of sp³-hybridized carbons (Fsp3) is 0.533. The lowest BCUT2D eigenvalue weighted by Crippen LogP contribution is -2.39. The van der Waals surface area contributed by atoms with E-state index in [1.54, 1.807) is 0 Å². The molecule has 96 valence electrons. The summed E-state index contributed by atoms with van der Waals surface area (Å²) in [5, 5.41) is 8.85. The minimum Gasteiger partial charge on any atom is -0.326 e. The molecule has 1 aliphatic rings. The highest BCUT2D eigenvalue weighted by Gasteiger charge is 2.27. The molecule has 1 aliphatic heterocycles. The maximum Gasteiger partial charge on any atom is 0.0991 e. The monoisotopic (exact) mass is 243 g/mol. The quantitative estimate of drug-likeness (QED) is 0.868. The zero-order chi connectivity index (χ0) is 13.0. The Kier molecular flexibility index (Phi) is 4.35. The van der Waals surface area contributed by atoms with Crippen molar-refractivity contribution in [3.8, 4) is 6.07 Å². The summed E-state index contributed by atoms with van der Waals surface area (Å²) >= 11 is 0. The van der Waals surface area contributed by atoms with Crippen LogP contribution >= 0.6 is 0 Å². The van der Waals surface area contributed by atoms with Crippen LogP contribution in [0.4, 0.5) is 0 Å². The molecule has 0 saturated carbocycles. The van der Waals surface area contributed by atoms with Crippen LogP contribution in [-0.4, -0.2) is 24.0 Å². The van der Waals surface area contributed by atoms with Gasteiger partial charge < -0.3 is 5.73 Å². The summed E-state index contributed by atoms with van der Waals surface area (Å²) in [6.07, 6.45) is 3.53. The van der Waals surface area contributed by atoms with Crippen molar-refractivity contribution in [1.82, 2.24) is 4.90 Å². The number of hydrogen-bond donors (Lipinski definition) is 1. The molecular formula is C15H21N3. The van der Waals surface area contributed by atoms with Crippen LogP contribution in [-0.2, 0) is 0 Å². The van der Waals surface area contributed by atoms with Crippen LogP contribution in [0, 0.1) is 11.3 Å². The van der Waals surface area contributed by atoms with Crippen molar-refractivity contribution in [2.75, 3.05) is 13.1 Å². The highest BCUT2D eigenvalue weighted by molar-refractivity contribution is 5.33. The van der Waals surface area contributed by atoms with E-state index in [2.05, 4.69) is 30.0 Å². The number of rotatable bonds is 2. The average molecular weight is 243 g/mol. The van der Waals surface area contributed by atoms with Crippen LogP contribution in [0.15, 0.2) is 24.3 Å². The summed E-state index contributed by atoms with van der Waals surface area (Å²) in [6.45, 7) is 4.34. The molecule has 1 saturated heterocycles. The van der Waals surface area contributed by atoms with Crippen LogP contribution in [0.1, 0.15) is 43.4 Å². The molecule has 1 aromatic carbocycles. The Balaban J connectivity index is 2.28. The van der Waals surface area contributed by atoms with Crippen molar-refractivity contribution in [2.45, 2.75) is 38.3 Å². The Morgan fingerprint density at radius 1 is 1.33 bits per heavy atom. The summed E-state index contributed by atoms with van der Waals surface area (Å²) in [6, 6.07) is 10.5. The molecule has 18 heavy (non-hydrogen) atoms. The lowest BCUT2D eigenvalue weighted by Gasteiger charge is -2.33. The molecule has 1 heterocycles. The number of nitriles is 1. The Hall–Kier alpha value is -1.37. The summed E-state index contributed by atoms with van der Waals surface area (Å²) in [4.78, 5) is 2.46. The van der Waals surface area contributed by atoms with E-state index in [-0.39, 0.29) is 6.04 Å². The topological polar surface area (TPSA) is 53.0 Å². The van der Waals surface area contributed by atoms with Gasteiger partial charge in [-0.15, -0.1) is 0 Å². The first-order valence-electron chi connectivity index (χ1n) is 6.76. The number of nitrogens with zero attached hydrogens (tertiary/aromatic N) is 2. The fourth-order valence-corrected chi connectivity index (χ4v) is 2.83. The molecule has 2 atom stereocenters. The third-order valence-electron chi connectivity index (χ3n) is 3.82. The van der Waals surface area contributed by atoms with Gasteiger partial charge in [-0.3, -0.25) is 4.90 Å².